The van der Waals surface area contributed by atoms with Crippen molar-refractivity contribution >= 4 is 21.6 Å². The third-order valence-corrected chi connectivity index (χ3v) is 4.08. The Balaban J connectivity index is 2.08. The van der Waals surface area contributed by atoms with Crippen molar-refractivity contribution in [3.63, 3.8) is 0 Å². The molecule has 112 valence electrons. The minimum atomic E-state index is -0.0858. The first-order valence-electron chi connectivity index (χ1n) is 7.17. The highest BCUT2D eigenvalue weighted by Gasteiger charge is 2.08. The van der Waals surface area contributed by atoms with Gasteiger partial charge in [0.1, 0.15) is 4.47 Å². The molecule has 5 heteroatoms. The molecule has 0 aliphatic heterocycles. The van der Waals surface area contributed by atoms with Gasteiger partial charge in [-0.05, 0) is 34.8 Å². The maximum atomic E-state index is 12.2. The first-order valence-corrected chi connectivity index (χ1v) is 7.96. The van der Waals surface area contributed by atoms with E-state index in [1.807, 2.05) is 0 Å². The van der Waals surface area contributed by atoms with Crippen molar-refractivity contribution in [1.82, 2.24) is 9.78 Å². The summed E-state index contributed by atoms with van der Waals surface area (Å²) in [4.78, 5) is 12.2. The van der Waals surface area contributed by atoms with Crippen molar-refractivity contribution < 1.29 is 0 Å². The predicted octanol–water partition coefficient (Wildman–Crippen LogP) is 3.73. The fourth-order valence-electron chi connectivity index (χ4n) is 1.96. The third kappa shape index (κ3) is 4.17. The van der Waals surface area contributed by atoms with E-state index in [9.17, 15) is 4.79 Å². The van der Waals surface area contributed by atoms with Crippen LogP contribution in [-0.4, -0.2) is 9.78 Å². The van der Waals surface area contributed by atoms with Gasteiger partial charge in [-0.3, -0.25) is 4.79 Å². The quantitative estimate of drug-likeness (QED) is 0.864. The van der Waals surface area contributed by atoms with Gasteiger partial charge in [-0.1, -0.05) is 43.2 Å². The van der Waals surface area contributed by atoms with Crippen LogP contribution in [0.25, 0.3) is 0 Å². The number of rotatable bonds is 6. The Morgan fingerprint density at radius 3 is 2.67 bits per heavy atom. The number of aryl methyl sites for hydroxylation is 2. The number of nitrogens with one attached hydrogen (secondary N) is 1. The molecule has 0 aliphatic rings. The normalized spacial score (nSPS) is 10.6. The Bertz CT molecular complexity index is 650. The highest BCUT2D eigenvalue weighted by atomic mass is 79.9. The summed E-state index contributed by atoms with van der Waals surface area (Å²) in [5.74, 6) is 0. The van der Waals surface area contributed by atoms with Gasteiger partial charge in [-0.2, -0.15) is 5.10 Å². The second kappa shape index (κ2) is 7.41. The molecule has 0 saturated carbocycles. The Labute approximate surface area is 133 Å². The molecule has 1 aromatic heterocycles. The lowest BCUT2D eigenvalue weighted by Gasteiger charge is -2.10. The molecule has 0 bridgehead atoms. The first-order chi connectivity index (χ1) is 10.1. The molecule has 0 atom stereocenters. The summed E-state index contributed by atoms with van der Waals surface area (Å²) in [6.45, 7) is 5.48. The Kier molecular flexibility index (Phi) is 5.56. The fraction of sp³-hybridized carbons (Fsp3) is 0.375. The highest BCUT2D eigenvalue weighted by Crippen LogP contribution is 2.17. The number of benzene rings is 1. The summed E-state index contributed by atoms with van der Waals surface area (Å²) < 4.78 is 2.05. The molecule has 0 fully saturated rings. The second-order valence-electron chi connectivity index (χ2n) is 5.09. The molecule has 1 aromatic carbocycles. The summed E-state index contributed by atoms with van der Waals surface area (Å²) >= 11 is 3.37. The van der Waals surface area contributed by atoms with Gasteiger partial charge in [-0.15, -0.1) is 0 Å². The smallest absolute Gasteiger partial charge is 0.283 e. The van der Waals surface area contributed by atoms with Gasteiger partial charge in [0.05, 0.1) is 11.9 Å². The molecule has 2 rings (SSSR count). The Morgan fingerprint density at radius 1 is 1.29 bits per heavy atom. The monoisotopic (exact) mass is 349 g/mol. The molecule has 0 spiro atoms. The molecule has 2 aromatic rings. The fourth-order valence-corrected chi connectivity index (χ4v) is 2.41. The third-order valence-electron chi connectivity index (χ3n) is 3.31. The van der Waals surface area contributed by atoms with Gasteiger partial charge in [-0.25, -0.2) is 4.68 Å². The highest BCUT2D eigenvalue weighted by molar-refractivity contribution is 9.10. The molecule has 4 nitrogen and oxygen atoms in total. The van der Waals surface area contributed by atoms with Crippen molar-refractivity contribution in [3.8, 4) is 0 Å². The average molecular weight is 350 g/mol. The van der Waals surface area contributed by atoms with Crippen LogP contribution in [0.2, 0.25) is 0 Å². The minimum Gasteiger partial charge on any atom is -0.379 e. The lowest BCUT2D eigenvalue weighted by Crippen LogP contribution is -2.24. The molecular weight excluding hydrogens is 330 g/mol. The van der Waals surface area contributed by atoms with Crippen molar-refractivity contribution in [2.75, 3.05) is 5.32 Å². The van der Waals surface area contributed by atoms with Crippen LogP contribution in [0.15, 0.2) is 39.7 Å². The number of hydrogen-bond acceptors (Lipinski definition) is 3. The van der Waals surface area contributed by atoms with Crippen molar-refractivity contribution in [2.45, 2.75) is 39.8 Å². The van der Waals surface area contributed by atoms with Gasteiger partial charge in [0.2, 0.25) is 0 Å². The Morgan fingerprint density at radius 2 is 2.00 bits per heavy atom. The van der Waals surface area contributed by atoms with Crippen LogP contribution in [0.3, 0.4) is 0 Å². The van der Waals surface area contributed by atoms with Crippen LogP contribution in [0.1, 0.15) is 30.9 Å². The summed E-state index contributed by atoms with van der Waals surface area (Å²) in [6, 6.07) is 8.30. The average Bonchev–Trinajstić information content (AvgIpc) is 2.49. The topological polar surface area (TPSA) is 46.9 Å². The summed E-state index contributed by atoms with van der Waals surface area (Å²) in [5, 5.41) is 7.46. The molecule has 0 unspecified atom stereocenters. The largest absolute Gasteiger partial charge is 0.379 e. The zero-order valence-corrected chi connectivity index (χ0v) is 14.0. The first kappa shape index (κ1) is 15.8. The standard InChI is InChI=1S/C16H20BrN3O/c1-3-4-9-20-16(21)15(17)14(11-19-20)18-10-13-7-5-12(2)6-8-13/h5-8,11,18H,3-4,9-10H2,1-2H3. The molecule has 1 heterocycles. The number of unbranched alkanes of at least 4 members (excludes halogenated alkanes) is 1. The van der Waals surface area contributed by atoms with Crippen molar-refractivity contribution in [1.29, 1.82) is 0 Å². The maximum Gasteiger partial charge on any atom is 0.283 e. The number of aromatic nitrogens is 2. The van der Waals surface area contributed by atoms with E-state index in [4.69, 9.17) is 0 Å². The zero-order valence-electron chi connectivity index (χ0n) is 12.4. The summed E-state index contributed by atoms with van der Waals surface area (Å²) in [6.07, 6.45) is 3.70. The lowest BCUT2D eigenvalue weighted by atomic mass is 10.1. The molecule has 0 aliphatic carbocycles. The van der Waals surface area contributed by atoms with Gasteiger partial charge in [0, 0.05) is 13.1 Å². The van der Waals surface area contributed by atoms with E-state index >= 15 is 0 Å². The van der Waals surface area contributed by atoms with Crippen molar-refractivity contribution in [3.05, 3.63) is 56.4 Å². The maximum absolute atomic E-state index is 12.2. The van der Waals surface area contributed by atoms with Gasteiger partial charge >= 0.3 is 0 Å². The van der Waals surface area contributed by atoms with Crippen LogP contribution in [-0.2, 0) is 13.1 Å². The molecule has 0 amide bonds. The second-order valence-corrected chi connectivity index (χ2v) is 5.89. The van der Waals surface area contributed by atoms with Crippen LogP contribution in [0, 0.1) is 6.92 Å². The van der Waals surface area contributed by atoms with Gasteiger partial charge in [0.15, 0.2) is 0 Å². The summed E-state index contributed by atoms with van der Waals surface area (Å²) in [7, 11) is 0. The van der Waals surface area contributed by atoms with E-state index in [2.05, 4.69) is 64.5 Å². The Hall–Kier alpha value is -1.62. The van der Waals surface area contributed by atoms with Crippen molar-refractivity contribution in [2.24, 2.45) is 0 Å². The number of hydrogen-bond donors (Lipinski definition) is 1. The van der Waals surface area contributed by atoms with Gasteiger partial charge in [0.25, 0.3) is 5.56 Å². The lowest BCUT2D eigenvalue weighted by molar-refractivity contribution is 0.541. The SMILES string of the molecule is CCCCn1ncc(NCc2ccc(C)cc2)c(Br)c1=O. The molecule has 21 heavy (non-hydrogen) atoms. The molecular formula is C16H20BrN3O. The van der Waals surface area contributed by atoms with E-state index in [1.165, 1.54) is 15.8 Å². The van der Waals surface area contributed by atoms with Crippen LogP contribution in [0.5, 0.6) is 0 Å². The van der Waals surface area contributed by atoms with E-state index in [0.717, 1.165) is 18.5 Å². The number of halogens is 1. The van der Waals surface area contributed by atoms with E-state index in [1.54, 1.807) is 6.20 Å². The summed E-state index contributed by atoms with van der Waals surface area (Å²) in [5.41, 5.74) is 3.05. The van der Waals surface area contributed by atoms with E-state index in [0.29, 0.717) is 17.6 Å². The van der Waals surface area contributed by atoms with Crippen LogP contribution in [0.4, 0.5) is 5.69 Å². The van der Waals surface area contributed by atoms with Crippen LogP contribution >= 0.6 is 15.9 Å². The van der Waals surface area contributed by atoms with E-state index < -0.39 is 0 Å². The molecule has 1 N–H and O–H groups in total. The minimum absolute atomic E-state index is 0.0858. The number of anilines is 1. The zero-order chi connectivity index (χ0) is 15.2. The number of nitrogens with zero attached hydrogens (tertiary/aromatic N) is 2. The molecule has 0 radical (unpaired) electrons. The van der Waals surface area contributed by atoms with Crippen LogP contribution < -0.4 is 10.9 Å². The predicted molar refractivity (Wildman–Crippen MR) is 89.6 cm³/mol. The van der Waals surface area contributed by atoms with E-state index in [-0.39, 0.29) is 5.56 Å². The molecule has 0 saturated heterocycles. The van der Waals surface area contributed by atoms with Gasteiger partial charge < -0.3 is 5.32 Å².